The molecule has 1 aromatic carbocycles. The molecule has 0 aromatic heterocycles. The summed E-state index contributed by atoms with van der Waals surface area (Å²) in [5.41, 5.74) is 5.61. The second kappa shape index (κ2) is 4.75. The Balaban J connectivity index is 2.80. The molecule has 0 aliphatic carbocycles. The summed E-state index contributed by atoms with van der Waals surface area (Å²) in [5.74, 6) is -1.20. The van der Waals surface area contributed by atoms with Gasteiger partial charge in [0.15, 0.2) is 0 Å². The normalized spacial score (nSPS) is 12.2. The predicted molar refractivity (Wildman–Crippen MR) is 52.2 cm³/mol. The number of benzene rings is 1. The molecule has 3 N–H and O–H groups in total. The van der Waals surface area contributed by atoms with E-state index in [0.717, 1.165) is 0 Å². The summed E-state index contributed by atoms with van der Waals surface area (Å²) in [5, 5.41) is 8.68. The van der Waals surface area contributed by atoms with E-state index in [2.05, 4.69) is 0 Å². The molecule has 0 saturated heterocycles. The Morgan fingerprint density at radius 3 is 2.80 bits per heavy atom. The highest BCUT2D eigenvalue weighted by molar-refractivity contribution is 5.73. The Morgan fingerprint density at radius 2 is 2.33 bits per heavy atom. The van der Waals surface area contributed by atoms with E-state index in [1.807, 2.05) is 0 Å². The highest BCUT2D eigenvalue weighted by Gasteiger charge is 2.17. The van der Waals surface area contributed by atoms with Crippen molar-refractivity contribution in [3.8, 4) is 5.75 Å². The van der Waals surface area contributed by atoms with Crippen LogP contribution in [-0.2, 0) is 4.79 Å². The van der Waals surface area contributed by atoms with Crippen molar-refractivity contribution in [2.45, 2.75) is 13.0 Å². The number of hydrogen-bond donors (Lipinski definition) is 2. The van der Waals surface area contributed by atoms with Gasteiger partial charge in [-0.2, -0.15) is 0 Å². The number of carboxylic acid groups (broad SMARTS) is 1. The lowest BCUT2D eigenvalue weighted by atomic mass is 10.2. The molecule has 1 rings (SSSR count). The van der Waals surface area contributed by atoms with E-state index in [-0.39, 0.29) is 12.4 Å². The maximum atomic E-state index is 12.9. The molecule has 1 aromatic rings. The summed E-state index contributed by atoms with van der Waals surface area (Å²) in [7, 11) is 0. The van der Waals surface area contributed by atoms with Gasteiger partial charge < -0.3 is 15.6 Å². The van der Waals surface area contributed by atoms with Gasteiger partial charge >= 0.3 is 5.97 Å². The fraction of sp³-hybridized carbons (Fsp3) is 0.300. The first kappa shape index (κ1) is 11.5. The van der Waals surface area contributed by atoms with Crippen LogP contribution in [0.4, 0.5) is 4.39 Å². The van der Waals surface area contributed by atoms with Crippen molar-refractivity contribution in [2.75, 3.05) is 6.54 Å². The first-order valence-corrected chi connectivity index (χ1v) is 4.40. The lowest BCUT2D eigenvalue weighted by molar-refractivity contribution is -0.144. The molecule has 1 unspecified atom stereocenters. The van der Waals surface area contributed by atoms with Gasteiger partial charge in [0.25, 0.3) is 0 Å². The number of carbonyl (C=O) groups is 1. The van der Waals surface area contributed by atoms with Gasteiger partial charge in [0.1, 0.15) is 11.6 Å². The van der Waals surface area contributed by atoms with Gasteiger partial charge in [-0.05, 0) is 30.7 Å². The topological polar surface area (TPSA) is 72.5 Å². The molecule has 1 atom stereocenters. The minimum absolute atomic E-state index is 0.133. The van der Waals surface area contributed by atoms with Crippen molar-refractivity contribution >= 4 is 5.97 Å². The van der Waals surface area contributed by atoms with Crippen LogP contribution >= 0.6 is 0 Å². The number of rotatable bonds is 4. The van der Waals surface area contributed by atoms with E-state index in [4.69, 9.17) is 15.6 Å². The van der Waals surface area contributed by atoms with Crippen LogP contribution in [0.15, 0.2) is 18.2 Å². The molecule has 0 heterocycles. The SMILES string of the molecule is Cc1cc(OC(CN)C(=O)O)ccc1F. The van der Waals surface area contributed by atoms with Crippen LogP contribution in [0.2, 0.25) is 0 Å². The number of ether oxygens (including phenoxy) is 1. The fourth-order valence-corrected chi connectivity index (χ4v) is 1.05. The van der Waals surface area contributed by atoms with Gasteiger partial charge in [0.05, 0.1) is 0 Å². The monoisotopic (exact) mass is 213 g/mol. The summed E-state index contributed by atoms with van der Waals surface area (Å²) in [6.45, 7) is 1.44. The first-order chi connectivity index (χ1) is 7.04. The minimum Gasteiger partial charge on any atom is -0.478 e. The highest BCUT2D eigenvalue weighted by Crippen LogP contribution is 2.17. The highest BCUT2D eigenvalue weighted by atomic mass is 19.1. The van der Waals surface area contributed by atoms with Gasteiger partial charge in [0.2, 0.25) is 6.10 Å². The van der Waals surface area contributed by atoms with E-state index in [9.17, 15) is 9.18 Å². The third-order valence-corrected chi connectivity index (χ3v) is 1.90. The quantitative estimate of drug-likeness (QED) is 0.780. The molecule has 0 fully saturated rings. The zero-order chi connectivity index (χ0) is 11.4. The van der Waals surface area contributed by atoms with Crippen molar-refractivity contribution in [3.05, 3.63) is 29.6 Å². The number of halogens is 1. The zero-order valence-corrected chi connectivity index (χ0v) is 8.24. The van der Waals surface area contributed by atoms with Gasteiger partial charge in [-0.3, -0.25) is 0 Å². The van der Waals surface area contributed by atoms with Crippen molar-refractivity contribution in [1.82, 2.24) is 0 Å². The molecule has 82 valence electrons. The van der Waals surface area contributed by atoms with Crippen LogP contribution in [-0.4, -0.2) is 23.7 Å². The van der Waals surface area contributed by atoms with Gasteiger partial charge in [0, 0.05) is 6.54 Å². The zero-order valence-electron chi connectivity index (χ0n) is 8.24. The number of carboxylic acids is 1. The number of aliphatic carboxylic acids is 1. The van der Waals surface area contributed by atoms with Crippen LogP contribution in [0.1, 0.15) is 5.56 Å². The Kier molecular flexibility index (Phi) is 3.62. The van der Waals surface area contributed by atoms with Gasteiger partial charge in [-0.25, -0.2) is 9.18 Å². The van der Waals surface area contributed by atoms with Crippen molar-refractivity contribution in [3.63, 3.8) is 0 Å². The van der Waals surface area contributed by atoms with Crippen LogP contribution in [0, 0.1) is 12.7 Å². The van der Waals surface area contributed by atoms with Gasteiger partial charge in [-0.15, -0.1) is 0 Å². The molecule has 0 aliphatic rings. The van der Waals surface area contributed by atoms with Crippen LogP contribution in [0.5, 0.6) is 5.75 Å². The lowest BCUT2D eigenvalue weighted by Gasteiger charge is -2.13. The Labute approximate surface area is 86.5 Å². The summed E-state index contributed by atoms with van der Waals surface area (Å²) < 4.78 is 17.9. The molecule has 15 heavy (non-hydrogen) atoms. The third-order valence-electron chi connectivity index (χ3n) is 1.90. The van der Waals surface area contributed by atoms with E-state index in [1.165, 1.54) is 18.2 Å². The Hall–Kier alpha value is -1.62. The average Bonchev–Trinajstić information content (AvgIpc) is 2.19. The second-order valence-corrected chi connectivity index (χ2v) is 3.09. The molecule has 0 aliphatic heterocycles. The molecular formula is C10H12FNO3. The number of aryl methyl sites for hydroxylation is 1. The van der Waals surface area contributed by atoms with E-state index in [0.29, 0.717) is 11.3 Å². The maximum Gasteiger partial charge on any atom is 0.346 e. The summed E-state index contributed by atoms with van der Waals surface area (Å²) >= 11 is 0. The Morgan fingerprint density at radius 1 is 1.67 bits per heavy atom. The summed E-state index contributed by atoms with van der Waals surface area (Å²) in [6.07, 6.45) is -1.10. The van der Waals surface area contributed by atoms with E-state index >= 15 is 0 Å². The molecular weight excluding hydrogens is 201 g/mol. The molecule has 0 radical (unpaired) electrons. The third kappa shape index (κ3) is 2.92. The number of hydrogen-bond acceptors (Lipinski definition) is 3. The van der Waals surface area contributed by atoms with Crippen molar-refractivity contribution < 1.29 is 19.0 Å². The van der Waals surface area contributed by atoms with E-state index < -0.39 is 12.1 Å². The molecule has 0 amide bonds. The smallest absolute Gasteiger partial charge is 0.346 e. The van der Waals surface area contributed by atoms with Crippen LogP contribution in [0.3, 0.4) is 0 Å². The maximum absolute atomic E-state index is 12.9. The molecule has 0 spiro atoms. The molecule has 5 heteroatoms. The van der Waals surface area contributed by atoms with Gasteiger partial charge in [-0.1, -0.05) is 0 Å². The average molecular weight is 213 g/mol. The summed E-state index contributed by atoms with van der Waals surface area (Å²) in [4.78, 5) is 10.6. The largest absolute Gasteiger partial charge is 0.478 e. The van der Waals surface area contributed by atoms with Crippen LogP contribution < -0.4 is 10.5 Å². The number of nitrogens with two attached hydrogens (primary N) is 1. The molecule has 0 saturated carbocycles. The minimum atomic E-state index is -1.14. The first-order valence-electron chi connectivity index (χ1n) is 4.40. The molecule has 4 nitrogen and oxygen atoms in total. The van der Waals surface area contributed by atoms with E-state index in [1.54, 1.807) is 6.92 Å². The summed E-state index contributed by atoms with van der Waals surface area (Å²) in [6, 6.07) is 4.02. The lowest BCUT2D eigenvalue weighted by Crippen LogP contribution is -2.34. The van der Waals surface area contributed by atoms with Crippen molar-refractivity contribution in [2.24, 2.45) is 5.73 Å². The Bertz CT molecular complexity index is 368. The van der Waals surface area contributed by atoms with Crippen LogP contribution in [0.25, 0.3) is 0 Å². The fourth-order valence-electron chi connectivity index (χ4n) is 1.05. The second-order valence-electron chi connectivity index (χ2n) is 3.09. The van der Waals surface area contributed by atoms with Crippen molar-refractivity contribution in [1.29, 1.82) is 0 Å². The standard InChI is InChI=1S/C10H12FNO3/c1-6-4-7(2-3-8(6)11)15-9(5-12)10(13)14/h2-4,9H,5,12H2,1H3,(H,13,14). The molecule has 0 bridgehead atoms. The predicted octanol–water partition coefficient (Wildman–Crippen LogP) is 0.925.